The van der Waals surface area contributed by atoms with Crippen molar-refractivity contribution >= 4 is 69.6 Å². The monoisotopic (exact) mass is 738 g/mol. The zero-order valence-electron chi connectivity index (χ0n) is 28.4. The van der Waals surface area contributed by atoms with Crippen molar-refractivity contribution in [3.63, 3.8) is 0 Å². The molecule has 4 N–H and O–H groups in total. The Morgan fingerprint density at radius 3 is 1.29 bits per heavy atom. The lowest BCUT2D eigenvalue weighted by Gasteiger charge is -2.11. The van der Waals surface area contributed by atoms with Crippen molar-refractivity contribution in [3.05, 3.63) is 106 Å². The first-order chi connectivity index (χ1) is 25.3. The standard InChI is InChI=1S/C40H36Cl2N4O6/c1-49-35(47)19-21-51-25-7-3-23(4-8-25)37-27-11-15-31(43-27)39(41)33-17-13-29(45-33)38(24-5-9-26(10-6-24)52-22-20-36(48)50-2)30-14-18-34(46-30)40(42)32-16-12-28(37)44-32/h3-18,35-36,43,46-48H,19-22H2,1-2H3. The van der Waals surface area contributed by atoms with E-state index < -0.39 is 12.6 Å². The van der Waals surface area contributed by atoms with E-state index in [1.807, 2.05) is 97.1 Å². The molecule has 52 heavy (non-hydrogen) atoms. The number of nitrogens with one attached hydrogen (secondary N) is 2. The number of halogens is 2. The van der Waals surface area contributed by atoms with Gasteiger partial charge in [-0.2, -0.15) is 0 Å². The maximum atomic E-state index is 9.67. The molecule has 0 saturated heterocycles. The zero-order chi connectivity index (χ0) is 36.2. The fourth-order valence-electron chi connectivity index (χ4n) is 5.97. The van der Waals surface area contributed by atoms with Gasteiger partial charge in [-0.1, -0.05) is 47.5 Å². The molecular formula is C40H36Cl2N4O6. The van der Waals surface area contributed by atoms with Gasteiger partial charge in [-0.15, -0.1) is 0 Å². The Kier molecular flexibility index (Phi) is 10.7. The Bertz CT molecular complexity index is 2140. The molecular weight excluding hydrogens is 703 g/mol. The highest BCUT2D eigenvalue weighted by atomic mass is 35.5. The van der Waals surface area contributed by atoms with Gasteiger partial charge < -0.3 is 39.1 Å². The average molecular weight is 740 g/mol. The molecule has 2 atom stereocenters. The molecule has 0 spiro atoms. The summed E-state index contributed by atoms with van der Waals surface area (Å²) in [5.74, 6) is 1.33. The SMILES string of the molecule is COC(O)CCOc1ccc(-c2c3nc(c(Cl)c4ccc([nH]4)c(-c4ccc(OCCC(O)OC)cc4)c4nc(c(Cl)c5ccc2[nH]5)C=C4)C=C3)cc1. The van der Waals surface area contributed by atoms with Gasteiger partial charge in [0, 0.05) is 49.2 Å². The second kappa shape index (κ2) is 15.7. The molecule has 8 bridgehead atoms. The van der Waals surface area contributed by atoms with E-state index in [1.165, 1.54) is 14.2 Å². The fourth-order valence-corrected chi connectivity index (χ4v) is 6.40. The van der Waals surface area contributed by atoms with Crippen LogP contribution >= 0.6 is 23.2 Å². The first kappa shape index (κ1) is 35.5. The van der Waals surface area contributed by atoms with Gasteiger partial charge in [0.05, 0.1) is 57.1 Å². The molecule has 2 unspecified atom stereocenters. The summed E-state index contributed by atoms with van der Waals surface area (Å²) in [7, 11) is 2.90. The van der Waals surface area contributed by atoms with E-state index in [1.54, 1.807) is 0 Å². The third kappa shape index (κ3) is 7.63. The molecule has 2 aliphatic heterocycles. The lowest BCUT2D eigenvalue weighted by atomic mass is 10.0. The number of aliphatic hydroxyl groups excluding tert-OH is 2. The minimum Gasteiger partial charge on any atom is -0.493 e. The number of methoxy groups -OCH3 is 2. The Balaban J connectivity index is 1.35. The molecule has 2 aliphatic rings. The topological polar surface area (TPSA) is 135 Å². The van der Waals surface area contributed by atoms with Crippen molar-refractivity contribution in [3.8, 4) is 33.8 Å². The number of benzene rings is 2. The molecule has 5 heterocycles. The molecule has 0 aliphatic carbocycles. The maximum Gasteiger partial charge on any atom is 0.157 e. The van der Waals surface area contributed by atoms with Gasteiger partial charge in [0.2, 0.25) is 0 Å². The van der Waals surface area contributed by atoms with Gasteiger partial charge in [-0.3, -0.25) is 0 Å². The number of hydrogen-bond acceptors (Lipinski definition) is 8. The van der Waals surface area contributed by atoms with Crippen molar-refractivity contribution in [1.29, 1.82) is 0 Å². The third-order valence-corrected chi connectivity index (χ3v) is 9.52. The summed E-state index contributed by atoms with van der Waals surface area (Å²) >= 11 is 14.1. The van der Waals surface area contributed by atoms with Crippen molar-refractivity contribution in [2.45, 2.75) is 25.4 Å². The van der Waals surface area contributed by atoms with Crippen LogP contribution in [-0.4, -0.2) is 70.2 Å². The van der Waals surface area contributed by atoms with Gasteiger partial charge in [0.1, 0.15) is 11.5 Å². The van der Waals surface area contributed by atoms with Crippen LogP contribution in [0.3, 0.4) is 0 Å². The predicted molar refractivity (Wildman–Crippen MR) is 206 cm³/mol. The Morgan fingerprint density at radius 2 is 0.904 bits per heavy atom. The quantitative estimate of drug-likeness (QED) is 0.0915. The average Bonchev–Trinajstić information content (AvgIpc) is 4.01. The number of ether oxygens (including phenoxy) is 4. The minimum absolute atomic E-state index is 0.307. The van der Waals surface area contributed by atoms with E-state index in [2.05, 4.69) is 9.97 Å². The molecule has 0 amide bonds. The fraction of sp³-hybridized carbons (Fsp3) is 0.200. The summed E-state index contributed by atoms with van der Waals surface area (Å²) in [4.78, 5) is 17.0. The van der Waals surface area contributed by atoms with Crippen LogP contribution in [0.1, 0.15) is 35.6 Å². The van der Waals surface area contributed by atoms with Crippen LogP contribution in [0.25, 0.3) is 68.6 Å². The van der Waals surface area contributed by atoms with E-state index >= 15 is 0 Å². The van der Waals surface area contributed by atoms with Crippen LogP contribution in [0.4, 0.5) is 0 Å². The lowest BCUT2D eigenvalue weighted by Crippen LogP contribution is -2.13. The first-order valence-corrected chi connectivity index (χ1v) is 17.4. The van der Waals surface area contributed by atoms with Crippen molar-refractivity contribution < 1.29 is 29.2 Å². The number of rotatable bonds is 12. The van der Waals surface area contributed by atoms with Crippen LogP contribution < -0.4 is 9.47 Å². The summed E-state index contributed by atoms with van der Waals surface area (Å²) in [6, 6.07) is 23.2. The number of aliphatic hydroxyl groups is 2. The number of nitrogens with zero attached hydrogens (tertiary/aromatic N) is 2. The largest absolute Gasteiger partial charge is 0.493 e. The van der Waals surface area contributed by atoms with Crippen LogP contribution in [0, 0.1) is 0 Å². The highest BCUT2D eigenvalue weighted by molar-refractivity contribution is 6.36. The minimum atomic E-state index is -0.875. The van der Waals surface area contributed by atoms with E-state index in [0.29, 0.717) is 81.4 Å². The highest BCUT2D eigenvalue weighted by Gasteiger charge is 2.17. The molecule has 12 heteroatoms. The lowest BCUT2D eigenvalue weighted by molar-refractivity contribution is -0.0838. The van der Waals surface area contributed by atoms with E-state index in [-0.39, 0.29) is 0 Å². The van der Waals surface area contributed by atoms with Crippen LogP contribution in [0.5, 0.6) is 11.5 Å². The van der Waals surface area contributed by atoms with Gasteiger partial charge in [-0.05, 0) is 84.0 Å². The van der Waals surface area contributed by atoms with Gasteiger partial charge >= 0.3 is 0 Å². The smallest absolute Gasteiger partial charge is 0.157 e. The van der Waals surface area contributed by atoms with E-state index in [9.17, 15) is 10.2 Å². The molecule has 0 saturated carbocycles. The molecule has 5 aromatic rings. The third-order valence-electron chi connectivity index (χ3n) is 8.72. The predicted octanol–water partition coefficient (Wildman–Crippen LogP) is 8.76. The number of aromatic amines is 2. The van der Waals surface area contributed by atoms with Crippen LogP contribution in [0.15, 0.2) is 72.8 Å². The Morgan fingerprint density at radius 1 is 0.538 bits per heavy atom. The number of hydrogen-bond donors (Lipinski definition) is 4. The van der Waals surface area contributed by atoms with E-state index in [0.717, 1.165) is 33.3 Å². The number of aromatic nitrogens is 4. The van der Waals surface area contributed by atoms with Gasteiger partial charge in [0.25, 0.3) is 0 Å². The molecule has 0 fully saturated rings. The van der Waals surface area contributed by atoms with Crippen molar-refractivity contribution in [2.24, 2.45) is 0 Å². The normalized spacial score (nSPS) is 13.3. The van der Waals surface area contributed by atoms with Gasteiger partial charge in [-0.25, -0.2) is 9.97 Å². The molecule has 266 valence electrons. The maximum absolute atomic E-state index is 9.67. The first-order valence-electron chi connectivity index (χ1n) is 16.7. The summed E-state index contributed by atoms with van der Waals surface area (Å²) in [5, 5.41) is 20.3. The van der Waals surface area contributed by atoms with Crippen molar-refractivity contribution in [1.82, 2.24) is 19.9 Å². The highest BCUT2D eigenvalue weighted by Crippen LogP contribution is 2.36. The summed E-state index contributed by atoms with van der Waals surface area (Å²) < 4.78 is 21.4. The van der Waals surface area contributed by atoms with E-state index in [4.69, 9.17) is 52.1 Å². The number of H-pyrrole nitrogens is 2. The van der Waals surface area contributed by atoms with Gasteiger partial charge in [0.15, 0.2) is 12.6 Å². The number of fused-ring (bicyclic) bond motifs is 8. The Labute approximate surface area is 309 Å². The van der Waals surface area contributed by atoms with Crippen molar-refractivity contribution in [2.75, 3.05) is 27.4 Å². The molecule has 2 aromatic carbocycles. The van der Waals surface area contributed by atoms with Crippen LogP contribution in [-0.2, 0) is 9.47 Å². The molecule has 10 nitrogen and oxygen atoms in total. The second-order valence-corrected chi connectivity index (χ2v) is 12.8. The second-order valence-electron chi connectivity index (χ2n) is 12.1. The molecule has 7 rings (SSSR count). The summed E-state index contributed by atoms with van der Waals surface area (Å²) in [6.45, 7) is 0.615. The molecule has 3 aromatic heterocycles. The summed E-state index contributed by atoms with van der Waals surface area (Å²) in [6.07, 6.45) is 6.64. The summed E-state index contributed by atoms with van der Waals surface area (Å²) in [5.41, 5.74) is 9.15. The van der Waals surface area contributed by atoms with Crippen LogP contribution in [0.2, 0.25) is 10.0 Å². The molecule has 0 radical (unpaired) electrons. The zero-order valence-corrected chi connectivity index (χ0v) is 29.9. The Hall–Kier alpha value is -4.94.